The van der Waals surface area contributed by atoms with E-state index in [1.54, 1.807) is 13.2 Å². The quantitative estimate of drug-likeness (QED) is 0.777. The molecule has 0 bridgehead atoms. The lowest BCUT2D eigenvalue weighted by Gasteiger charge is -2.22. The Kier molecular flexibility index (Phi) is 6.63. The summed E-state index contributed by atoms with van der Waals surface area (Å²) in [7, 11) is 3.09. The molecule has 6 heteroatoms. The molecule has 2 aromatic rings. The molecule has 146 valence electrons. The summed E-state index contributed by atoms with van der Waals surface area (Å²) in [4.78, 5) is 9.32. The molecule has 1 aromatic heterocycles. The molecular formula is C21H28FN3O2. The number of ether oxygens (including phenoxy) is 2. The van der Waals surface area contributed by atoms with E-state index in [9.17, 15) is 4.39 Å². The fourth-order valence-corrected chi connectivity index (χ4v) is 3.52. The van der Waals surface area contributed by atoms with E-state index in [0.29, 0.717) is 23.6 Å². The molecule has 5 nitrogen and oxygen atoms in total. The van der Waals surface area contributed by atoms with E-state index in [1.807, 2.05) is 13.0 Å². The molecule has 0 unspecified atom stereocenters. The second-order valence-electron chi connectivity index (χ2n) is 6.97. The van der Waals surface area contributed by atoms with Crippen molar-refractivity contribution in [3.8, 4) is 11.5 Å². The second kappa shape index (κ2) is 9.15. The van der Waals surface area contributed by atoms with Gasteiger partial charge in [0.1, 0.15) is 5.82 Å². The van der Waals surface area contributed by atoms with Crippen molar-refractivity contribution in [2.75, 3.05) is 40.4 Å². The summed E-state index contributed by atoms with van der Waals surface area (Å²) in [5.41, 5.74) is 2.80. The van der Waals surface area contributed by atoms with Crippen LogP contribution in [-0.2, 0) is 13.1 Å². The molecule has 0 radical (unpaired) electrons. The van der Waals surface area contributed by atoms with Crippen LogP contribution in [0.3, 0.4) is 0 Å². The zero-order valence-corrected chi connectivity index (χ0v) is 16.4. The molecule has 0 amide bonds. The predicted molar refractivity (Wildman–Crippen MR) is 104 cm³/mol. The Labute approximate surface area is 160 Å². The zero-order valence-electron chi connectivity index (χ0n) is 16.4. The highest BCUT2D eigenvalue weighted by Gasteiger charge is 2.18. The lowest BCUT2D eigenvalue weighted by Crippen LogP contribution is -2.30. The van der Waals surface area contributed by atoms with E-state index >= 15 is 0 Å². The first kappa shape index (κ1) is 19.6. The van der Waals surface area contributed by atoms with Gasteiger partial charge in [0.25, 0.3) is 0 Å². The molecule has 3 rings (SSSR count). The molecule has 2 heterocycles. The summed E-state index contributed by atoms with van der Waals surface area (Å²) >= 11 is 0. The van der Waals surface area contributed by atoms with Gasteiger partial charge in [-0.2, -0.15) is 0 Å². The molecule has 0 N–H and O–H groups in total. The van der Waals surface area contributed by atoms with Crippen LogP contribution in [0, 0.1) is 12.7 Å². The van der Waals surface area contributed by atoms with Crippen LogP contribution in [-0.4, -0.2) is 55.2 Å². The van der Waals surface area contributed by atoms with Crippen LogP contribution in [0.1, 0.15) is 23.4 Å². The van der Waals surface area contributed by atoms with Crippen LogP contribution in [0.5, 0.6) is 11.5 Å². The minimum Gasteiger partial charge on any atom is -0.493 e. The Morgan fingerprint density at radius 2 is 1.63 bits per heavy atom. The fourth-order valence-electron chi connectivity index (χ4n) is 3.52. The molecule has 1 aliphatic heterocycles. The van der Waals surface area contributed by atoms with Gasteiger partial charge in [-0.15, -0.1) is 0 Å². The third kappa shape index (κ3) is 5.17. The van der Waals surface area contributed by atoms with Crippen molar-refractivity contribution in [3.63, 3.8) is 0 Å². The Bertz CT molecular complexity index is 769. The van der Waals surface area contributed by atoms with Crippen molar-refractivity contribution in [3.05, 3.63) is 53.1 Å². The number of aryl methyl sites for hydroxylation is 1. The van der Waals surface area contributed by atoms with Crippen molar-refractivity contribution in [1.82, 2.24) is 14.8 Å². The van der Waals surface area contributed by atoms with Gasteiger partial charge in [-0.3, -0.25) is 14.8 Å². The topological polar surface area (TPSA) is 37.8 Å². The van der Waals surface area contributed by atoms with Crippen molar-refractivity contribution >= 4 is 0 Å². The predicted octanol–water partition coefficient (Wildman–Crippen LogP) is 3.25. The molecule has 0 spiro atoms. The molecular weight excluding hydrogens is 345 g/mol. The average Bonchev–Trinajstić information content (AvgIpc) is 2.88. The molecule has 0 aliphatic carbocycles. The van der Waals surface area contributed by atoms with Gasteiger partial charge in [0.15, 0.2) is 11.5 Å². The number of hydrogen-bond donors (Lipinski definition) is 0. The van der Waals surface area contributed by atoms with Crippen LogP contribution in [0.15, 0.2) is 30.3 Å². The number of methoxy groups -OCH3 is 2. The molecule has 27 heavy (non-hydrogen) atoms. The SMILES string of the molecule is COc1cc(F)c(CN2CCCN(Cc3cccc(C)n3)CC2)cc1OC. The van der Waals surface area contributed by atoms with Crippen LogP contribution >= 0.6 is 0 Å². The lowest BCUT2D eigenvalue weighted by atomic mass is 10.1. The fraction of sp³-hybridized carbons (Fsp3) is 0.476. The highest BCUT2D eigenvalue weighted by molar-refractivity contribution is 5.43. The van der Waals surface area contributed by atoms with Crippen LogP contribution in [0.4, 0.5) is 4.39 Å². The number of nitrogens with zero attached hydrogens (tertiary/aromatic N) is 3. The van der Waals surface area contributed by atoms with Crippen molar-refractivity contribution in [2.24, 2.45) is 0 Å². The Morgan fingerprint density at radius 1 is 0.963 bits per heavy atom. The maximum atomic E-state index is 14.4. The largest absolute Gasteiger partial charge is 0.493 e. The summed E-state index contributed by atoms with van der Waals surface area (Å²) in [6.07, 6.45) is 1.06. The van der Waals surface area contributed by atoms with E-state index in [0.717, 1.165) is 50.5 Å². The van der Waals surface area contributed by atoms with Gasteiger partial charge < -0.3 is 9.47 Å². The third-order valence-corrected chi connectivity index (χ3v) is 4.96. The highest BCUT2D eigenvalue weighted by Crippen LogP contribution is 2.30. The van der Waals surface area contributed by atoms with E-state index in [-0.39, 0.29) is 5.82 Å². The van der Waals surface area contributed by atoms with Gasteiger partial charge in [-0.05, 0) is 44.6 Å². The van der Waals surface area contributed by atoms with E-state index in [4.69, 9.17) is 9.47 Å². The summed E-state index contributed by atoms with van der Waals surface area (Å²) in [5, 5.41) is 0. The van der Waals surface area contributed by atoms with Crippen LogP contribution in [0.25, 0.3) is 0 Å². The van der Waals surface area contributed by atoms with E-state index in [1.165, 1.54) is 13.2 Å². The van der Waals surface area contributed by atoms with Crippen LogP contribution < -0.4 is 9.47 Å². The Hall–Kier alpha value is -2.18. The molecule has 0 atom stereocenters. The maximum absolute atomic E-state index is 14.4. The monoisotopic (exact) mass is 373 g/mol. The molecule has 1 aliphatic rings. The van der Waals surface area contributed by atoms with Crippen LogP contribution in [0.2, 0.25) is 0 Å². The third-order valence-electron chi connectivity index (χ3n) is 4.96. The Morgan fingerprint density at radius 3 is 2.30 bits per heavy atom. The maximum Gasteiger partial charge on any atom is 0.163 e. The standard InChI is InChI=1S/C21H28FN3O2/c1-16-6-4-7-18(23-16)15-25-9-5-8-24(10-11-25)14-17-12-20(26-2)21(27-3)13-19(17)22/h4,6-7,12-13H,5,8-11,14-15H2,1-3H3. The number of pyridine rings is 1. The van der Waals surface area contributed by atoms with Crippen molar-refractivity contribution in [2.45, 2.75) is 26.4 Å². The van der Waals surface area contributed by atoms with E-state index < -0.39 is 0 Å². The number of rotatable bonds is 6. The van der Waals surface area contributed by atoms with Gasteiger partial charge >= 0.3 is 0 Å². The van der Waals surface area contributed by atoms with Crippen molar-refractivity contribution < 1.29 is 13.9 Å². The zero-order chi connectivity index (χ0) is 19.2. The van der Waals surface area contributed by atoms with Crippen molar-refractivity contribution in [1.29, 1.82) is 0 Å². The first-order valence-corrected chi connectivity index (χ1v) is 9.36. The summed E-state index contributed by atoms with van der Waals surface area (Å²) < 4.78 is 24.9. The molecule has 0 saturated carbocycles. The highest BCUT2D eigenvalue weighted by atomic mass is 19.1. The first-order valence-electron chi connectivity index (χ1n) is 9.36. The normalized spacial score (nSPS) is 16.1. The number of hydrogen-bond acceptors (Lipinski definition) is 5. The summed E-state index contributed by atoms with van der Waals surface area (Å²) in [6, 6.07) is 9.30. The van der Waals surface area contributed by atoms with Gasteiger partial charge in [0.05, 0.1) is 19.9 Å². The molecule has 1 aromatic carbocycles. The van der Waals surface area contributed by atoms with Gasteiger partial charge in [0.2, 0.25) is 0 Å². The van der Waals surface area contributed by atoms with Gasteiger partial charge in [-0.25, -0.2) is 4.39 Å². The number of halogens is 1. The second-order valence-corrected chi connectivity index (χ2v) is 6.97. The average molecular weight is 373 g/mol. The minimum atomic E-state index is -0.252. The number of aromatic nitrogens is 1. The van der Waals surface area contributed by atoms with Gasteiger partial charge in [-0.1, -0.05) is 6.07 Å². The smallest absolute Gasteiger partial charge is 0.163 e. The summed E-state index contributed by atoms with van der Waals surface area (Å²) in [5.74, 6) is 0.736. The lowest BCUT2D eigenvalue weighted by molar-refractivity contribution is 0.243. The van der Waals surface area contributed by atoms with E-state index in [2.05, 4.69) is 26.9 Å². The minimum absolute atomic E-state index is 0.252. The van der Waals surface area contributed by atoms with Gasteiger partial charge in [0, 0.05) is 43.5 Å². The Balaban J connectivity index is 1.61. The molecule has 1 fully saturated rings. The summed E-state index contributed by atoms with van der Waals surface area (Å²) in [6.45, 7) is 7.28. The number of benzene rings is 1. The molecule has 1 saturated heterocycles. The first-order chi connectivity index (χ1) is 13.1.